The summed E-state index contributed by atoms with van der Waals surface area (Å²) in [4.78, 5) is 14.9. The van der Waals surface area contributed by atoms with Gasteiger partial charge in [0.1, 0.15) is 18.0 Å². The Kier molecular flexibility index (Phi) is 3.95. The largest absolute Gasteiger partial charge is 0.477 e. The molecule has 7 nitrogen and oxygen atoms in total. The molecule has 4 rings (SSSR count). The van der Waals surface area contributed by atoms with Crippen LogP contribution in [-0.4, -0.2) is 44.3 Å². The van der Waals surface area contributed by atoms with Crippen LogP contribution in [0.3, 0.4) is 0 Å². The quantitative estimate of drug-likeness (QED) is 0.724. The van der Waals surface area contributed by atoms with Gasteiger partial charge in [-0.2, -0.15) is 14.6 Å². The van der Waals surface area contributed by atoms with Crippen molar-refractivity contribution in [1.82, 2.24) is 24.6 Å². The first-order chi connectivity index (χ1) is 12.1. The van der Waals surface area contributed by atoms with Crippen molar-refractivity contribution < 1.29 is 9.13 Å². The van der Waals surface area contributed by atoms with Gasteiger partial charge in [-0.25, -0.2) is 14.4 Å². The molecule has 25 heavy (non-hydrogen) atoms. The van der Waals surface area contributed by atoms with E-state index in [1.807, 2.05) is 6.92 Å². The summed E-state index contributed by atoms with van der Waals surface area (Å²) in [5.74, 6) is 2.13. The van der Waals surface area contributed by atoms with Gasteiger partial charge in [-0.1, -0.05) is 0 Å². The van der Waals surface area contributed by atoms with E-state index in [9.17, 15) is 4.39 Å². The van der Waals surface area contributed by atoms with Crippen LogP contribution < -0.4 is 9.64 Å². The van der Waals surface area contributed by atoms with Crippen molar-refractivity contribution in [1.29, 1.82) is 0 Å². The van der Waals surface area contributed by atoms with Crippen LogP contribution >= 0.6 is 0 Å². The lowest BCUT2D eigenvalue weighted by molar-refractivity contribution is 0.251. The molecule has 0 aliphatic carbocycles. The number of halogens is 1. The van der Waals surface area contributed by atoms with E-state index in [-0.39, 0.29) is 5.82 Å². The molecule has 0 aromatic carbocycles. The Hall–Kier alpha value is -2.77. The first kappa shape index (κ1) is 15.7. The van der Waals surface area contributed by atoms with Crippen molar-refractivity contribution in [2.24, 2.45) is 5.92 Å². The van der Waals surface area contributed by atoms with E-state index in [1.165, 1.54) is 18.6 Å². The van der Waals surface area contributed by atoms with Crippen molar-refractivity contribution in [3.05, 3.63) is 41.7 Å². The third-order valence-electron chi connectivity index (χ3n) is 4.63. The summed E-state index contributed by atoms with van der Waals surface area (Å²) in [6.45, 7) is 6.39. The number of ether oxygens (including phenoxy) is 1. The lowest BCUT2D eigenvalue weighted by Gasteiger charge is -2.22. The van der Waals surface area contributed by atoms with Gasteiger partial charge in [0.25, 0.3) is 5.78 Å². The lowest BCUT2D eigenvalue weighted by Crippen LogP contribution is -2.25. The first-order valence-corrected chi connectivity index (χ1v) is 8.28. The van der Waals surface area contributed by atoms with Crippen LogP contribution in [0.4, 0.5) is 10.2 Å². The van der Waals surface area contributed by atoms with Crippen molar-refractivity contribution in [2.75, 3.05) is 24.6 Å². The molecule has 0 amide bonds. The number of aryl methyl sites for hydroxylation is 1. The van der Waals surface area contributed by atoms with Gasteiger partial charge in [0, 0.05) is 36.3 Å². The monoisotopic (exact) mass is 342 g/mol. The zero-order valence-electron chi connectivity index (χ0n) is 14.2. The average Bonchev–Trinajstić information content (AvgIpc) is 3.25. The highest BCUT2D eigenvalue weighted by atomic mass is 19.1. The van der Waals surface area contributed by atoms with Gasteiger partial charge in [-0.15, -0.1) is 0 Å². The summed E-state index contributed by atoms with van der Waals surface area (Å²) < 4.78 is 20.4. The van der Waals surface area contributed by atoms with Gasteiger partial charge in [0.2, 0.25) is 5.88 Å². The number of pyridine rings is 1. The molecular formula is C17H19FN6O. The third-order valence-corrected chi connectivity index (χ3v) is 4.63. The van der Waals surface area contributed by atoms with Gasteiger partial charge in [-0.05, 0) is 26.3 Å². The van der Waals surface area contributed by atoms with Crippen LogP contribution in [0.1, 0.15) is 17.7 Å². The fraction of sp³-hybridized carbons (Fsp3) is 0.412. The molecule has 1 aliphatic rings. The minimum Gasteiger partial charge on any atom is -0.477 e. The molecule has 0 radical (unpaired) electrons. The highest BCUT2D eigenvalue weighted by molar-refractivity contribution is 5.54. The Bertz CT molecular complexity index is 894. The van der Waals surface area contributed by atoms with Gasteiger partial charge in [0.15, 0.2) is 0 Å². The van der Waals surface area contributed by atoms with Crippen LogP contribution in [0.15, 0.2) is 24.7 Å². The predicted molar refractivity (Wildman–Crippen MR) is 90.3 cm³/mol. The molecule has 1 fully saturated rings. The van der Waals surface area contributed by atoms with Crippen LogP contribution in [0.2, 0.25) is 0 Å². The molecule has 3 aromatic heterocycles. The van der Waals surface area contributed by atoms with Crippen molar-refractivity contribution in [3.8, 4) is 5.88 Å². The van der Waals surface area contributed by atoms with Gasteiger partial charge < -0.3 is 9.64 Å². The molecule has 1 saturated heterocycles. The van der Waals surface area contributed by atoms with Crippen LogP contribution in [0.25, 0.3) is 5.78 Å². The van der Waals surface area contributed by atoms with E-state index in [0.29, 0.717) is 24.2 Å². The second-order valence-corrected chi connectivity index (χ2v) is 6.34. The van der Waals surface area contributed by atoms with Crippen molar-refractivity contribution in [3.63, 3.8) is 0 Å². The smallest absolute Gasteiger partial charge is 0.254 e. The number of rotatable bonds is 4. The Morgan fingerprint density at radius 3 is 2.96 bits per heavy atom. The second kappa shape index (κ2) is 6.27. The predicted octanol–water partition coefficient (Wildman–Crippen LogP) is 2.18. The molecular weight excluding hydrogens is 323 g/mol. The maximum Gasteiger partial charge on any atom is 0.254 e. The molecule has 0 spiro atoms. The molecule has 0 bridgehead atoms. The van der Waals surface area contributed by atoms with Crippen molar-refractivity contribution in [2.45, 2.75) is 20.3 Å². The number of hydrogen-bond donors (Lipinski definition) is 0. The van der Waals surface area contributed by atoms with Gasteiger partial charge >= 0.3 is 0 Å². The molecule has 130 valence electrons. The third kappa shape index (κ3) is 2.99. The molecule has 1 atom stereocenters. The Morgan fingerprint density at radius 1 is 1.28 bits per heavy atom. The topological polar surface area (TPSA) is 68.4 Å². The standard InChI is InChI=1S/C17H19FN6O/c1-11-12(2)22-17-20-10-21-24(17)16(11)23-6-5-13(8-23)9-25-15-4-3-14(18)7-19-15/h3-4,7,10,13H,5-6,8-9H2,1-2H3. The van der Waals surface area contributed by atoms with Crippen molar-refractivity contribution >= 4 is 11.6 Å². The number of anilines is 1. The van der Waals surface area contributed by atoms with Crippen LogP contribution in [0.5, 0.6) is 5.88 Å². The van der Waals surface area contributed by atoms with Crippen LogP contribution in [0, 0.1) is 25.6 Å². The maximum atomic E-state index is 12.9. The number of fused-ring (bicyclic) bond motifs is 1. The Morgan fingerprint density at radius 2 is 2.16 bits per heavy atom. The zero-order chi connectivity index (χ0) is 17.4. The zero-order valence-corrected chi connectivity index (χ0v) is 14.2. The highest BCUT2D eigenvalue weighted by Crippen LogP contribution is 2.28. The normalized spacial score (nSPS) is 17.4. The van der Waals surface area contributed by atoms with E-state index in [2.05, 4.69) is 31.9 Å². The number of nitrogens with zero attached hydrogens (tertiary/aromatic N) is 6. The summed E-state index contributed by atoms with van der Waals surface area (Å²) >= 11 is 0. The molecule has 3 aromatic rings. The lowest BCUT2D eigenvalue weighted by atomic mass is 10.1. The van der Waals surface area contributed by atoms with E-state index in [0.717, 1.165) is 36.6 Å². The maximum absolute atomic E-state index is 12.9. The fourth-order valence-corrected chi connectivity index (χ4v) is 3.20. The summed E-state index contributed by atoms with van der Waals surface area (Å²) in [6.07, 6.45) is 3.71. The molecule has 1 aliphatic heterocycles. The van der Waals surface area contributed by atoms with Gasteiger partial charge in [-0.3, -0.25) is 0 Å². The minimum atomic E-state index is -0.361. The van der Waals surface area contributed by atoms with E-state index in [1.54, 1.807) is 10.6 Å². The summed E-state index contributed by atoms with van der Waals surface area (Å²) in [7, 11) is 0. The molecule has 0 N–H and O–H groups in total. The van der Waals surface area contributed by atoms with E-state index < -0.39 is 0 Å². The fourth-order valence-electron chi connectivity index (χ4n) is 3.20. The van der Waals surface area contributed by atoms with E-state index >= 15 is 0 Å². The summed E-state index contributed by atoms with van der Waals surface area (Å²) in [5.41, 5.74) is 2.07. The SMILES string of the molecule is Cc1nc2ncnn2c(N2CCC(COc3ccc(F)cn3)C2)c1C. The number of hydrogen-bond acceptors (Lipinski definition) is 6. The number of aromatic nitrogens is 5. The second-order valence-electron chi connectivity index (χ2n) is 6.34. The molecule has 1 unspecified atom stereocenters. The minimum absolute atomic E-state index is 0.361. The average molecular weight is 342 g/mol. The summed E-state index contributed by atoms with van der Waals surface area (Å²) in [5, 5.41) is 4.32. The van der Waals surface area contributed by atoms with Gasteiger partial charge in [0.05, 0.1) is 12.8 Å². The molecule has 8 heteroatoms. The summed E-state index contributed by atoms with van der Waals surface area (Å²) in [6, 6.07) is 2.91. The van der Waals surface area contributed by atoms with Crippen LogP contribution in [-0.2, 0) is 0 Å². The molecule has 4 heterocycles. The Balaban J connectivity index is 1.48. The van der Waals surface area contributed by atoms with E-state index in [4.69, 9.17) is 4.74 Å². The Labute approximate surface area is 144 Å². The molecule has 0 saturated carbocycles. The first-order valence-electron chi connectivity index (χ1n) is 8.28. The highest BCUT2D eigenvalue weighted by Gasteiger charge is 2.27.